The van der Waals surface area contributed by atoms with Crippen molar-refractivity contribution in [3.05, 3.63) is 11.6 Å². The van der Waals surface area contributed by atoms with E-state index >= 15 is 0 Å². The molecule has 0 saturated heterocycles. The molecule has 4 bridgehead atoms. The van der Waals surface area contributed by atoms with Crippen LogP contribution in [0.5, 0.6) is 0 Å². The molecule has 4 aliphatic rings. The molecule has 0 aromatic heterocycles. The van der Waals surface area contributed by atoms with Crippen LogP contribution in [0, 0.1) is 0 Å². The lowest BCUT2D eigenvalue weighted by Gasteiger charge is -2.74. The normalized spacial score (nSPS) is 46.1. The van der Waals surface area contributed by atoms with Gasteiger partial charge in [-0.3, -0.25) is 0 Å². The van der Waals surface area contributed by atoms with Crippen LogP contribution >= 0.6 is 0 Å². The Balaban J connectivity index is 2.66. The number of carbonyl (C=O) groups excluding carboxylic acids is 1. The summed E-state index contributed by atoms with van der Waals surface area (Å²) in [5.74, 6) is -48.8. The van der Waals surface area contributed by atoms with E-state index in [9.17, 15) is 71.4 Å². The highest BCUT2D eigenvalue weighted by molar-refractivity contribution is 5.88. The molecule has 3 nitrogen and oxygen atoms in total. The molecule has 4 saturated carbocycles. The SMILES string of the molecule is CC=C(C)C(=O)OC12C(F)(F)C3(O)C(F)(F)C(F)(C(F)(F)C(F)(C3(F)F)C1(F)F)C2(F)F. The molecule has 184 valence electrons. The second-order valence-corrected chi connectivity index (χ2v) is 7.52. The van der Waals surface area contributed by atoms with Crippen LogP contribution in [0.15, 0.2) is 11.6 Å². The van der Waals surface area contributed by atoms with Crippen molar-refractivity contribution in [2.75, 3.05) is 0 Å². The quantitative estimate of drug-likeness (QED) is 0.350. The maximum Gasteiger partial charge on any atom is 0.344 e. The van der Waals surface area contributed by atoms with Gasteiger partial charge in [0, 0.05) is 5.57 Å². The zero-order valence-corrected chi connectivity index (χ0v) is 15.1. The van der Waals surface area contributed by atoms with Crippen LogP contribution in [0.3, 0.4) is 0 Å². The highest BCUT2D eigenvalue weighted by atomic mass is 19.3. The lowest BCUT2D eigenvalue weighted by molar-refractivity contribution is -0.623. The van der Waals surface area contributed by atoms with Gasteiger partial charge in [-0.25, -0.2) is 13.6 Å². The van der Waals surface area contributed by atoms with Crippen molar-refractivity contribution in [1.82, 2.24) is 0 Å². The van der Waals surface area contributed by atoms with Gasteiger partial charge in [0.1, 0.15) is 0 Å². The summed E-state index contributed by atoms with van der Waals surface area (Å²) < 4.78 is 207. The Labute approximate surface area is 167 Å². The zero-order chi connectivity index (χ0) is 25.6. The lowest BCUT2D eigenvalue weighted by atomic mass is 9.39. The number of halogens is 14. The summed E-state index contributed by atoms with van der Waals surface area (Å²) in [4.78, 5) is 11.7. The average Bonchev–Trinajstić information content (AvgIpc) is 2.64. The van der Waals surface area contributed by atoms with E-state index in [0.29, 0.717) is 13.0 Å². The molecule has 0 aromatic carbocycles. The fourth-order valence-corrected chi connectivity index (χ4v) is 4.37. The van der Waals surface area contributed by atoms with Gasteiger partial charge in [0.05, 0.1) is 0 Å². The summed E-state index contributed by atoms with van der Waals surface area (Å²) in [5.41, 5.74) is -30.8. The average molecular weight is 502 g/mol. The first kappa shape index (κ1) is 24.8. The first-order valence-electron chi connectivity index (χ1n) is 8.10. The summed E-state index contributed by atoms with van der Waals surface area (Å²) >= 11 is 0. The van der Waals surface area contributed by atoms with E-state index in [1.165, 1.54) is 0 Å². The van der Waals surface area contributed by atoms with Gasteiger partial charge in [0.2, 0.25) is 0 Å². The Bertz CT molecular complexity index is 825. The van der Waals surface area contributed by atoms with Crippen molar-refractivity contribution in [3.8, 4) is 0 Å². The second kappa shape index (κ2) is 5.29. The first-order chi connectivity index (χ1) is 13.9. The molecule has 1 N–H and O–H groups in total. The number of hydrogen-bond donors (Lipinski definition) is 1. The summed E-state index contributed by atoms with van der Waals surface area (Å²) in [6.07, 6.45) is 0.459. The molecule has 4 rings (SSSR count). The zero-order valence-electron chi connectivity index (χ0n) is 15.1. The van der Waals surface area contributed by atoms with Crippen LogP contribution in [0.1, 0.15) is 13.8 Å². The Kier molecular flexibility index (Phi) is 4.11. The minimum Gasteiger partial charge on any atom is -0.436 e. The smallest absolute Gasteiger partial charge is 0.344 e. The second-order valence-electron chi connectivity index (χ2n) is 7.52. The lowest BCUT2D eigenvalue weighted by Crippen LogP contribution is -3.10. The topological polar surface area (TPSA) is 46.5 Å². The number of allylic oxidation sites excluding steroid dienone is 1. The molecule has 2 unspecified atom stereocenters. The van der Waals surface area contributed by atoms with Crippen LogP contribution in [0.4, 0.5) is 61.5 Å². The third-order valence-electron chi connectivity index (χ3n) is 6.29. The third-order valence-corrected chi connectivity index (χ3v) is 6.29. The minimum absolute atomic E-state index is 0.459. The third kappa shape index (κ3) is 1.52. The highest BCUT2D eigenvalue weighted by Crippen LogP contribution is 2.88. The predicted octanol–water partition coefficient (Wildman–Crippen LogP) is 4.23. The predicted molar refractivity (Wildman–Crippen MR) is 70.6 cm³/mol. The number of hydrogen-bond acceptors (Lipinski definition) is 3. The van der Waals surface area contributed by atoms with Crippen LogP contribution in [0.25, 0.3) is 0 Å². The van der Waals surface area contributed by atoms with Crippen molar-refractivity contribution in [1.29, 1.82) is 0 Å². The monoisotopic (exact) mass is 502 g/mol. The van der Waals surface area contributed by atoms with Crippen molar-refractivity contribution in [2.45, 2.75) is 71.9 Å². The Morgan fingerprint density at radius 3 is 1.31 bits per heavy atom. The Morgan fingerprint density at radius 2 is 1.00 bits per heavy atom. The molecular formula is C15H8F14O3. The number of ether oxygens (including phenoxy) is 1. The fraction of sp³-hybridized carbons (Fsp3) is 0.800. The van der Waals surface area contributed by atoms with Gasteiger partial charge in [-0.2, -0.15) is 52.7 Å². The highest BCUT2D eigenvalue weighted by Gasteiger charge is 3.23. The number of aliphatic hydroxyl groups is 1. The van der Waals surface area contributed by atoms with Crippen molar-refractivity contribution in [3.63, 3.8) is 0 Å². The molecule has 32 heavy (non-hydrogen) atoms. The summed E-state index contributed by atoms with van der Waals surface area (Å²) in [5, 5.41) is 9.45. The van der Waals surface area contributed by atoms with Gasteiger partial charge in [0.15, 0.2) is 0 Å². The number of carbonyl (C=O) groups is 1. The summed E-state index contributed by atoms with van der Waals surface area (Å²) in [6.45, 7) is 1.27. The van der Waals surface area contributed by atoms with Crippen LogP contribution in [-0.4, -0.2) is 69.2 Å². The largest absolute Gasteiger partial charge is 0.436 e. The molecule has 0 aromatic rings. The number of alkyl halides is 14. The molecule has 0 aliphatic heterocycles. The van der Waals surface area contributed by atoms with Gasteiger partial charge >= 0.3 is 58.4 Å². The van der Waals surface area contributed by atoms with E-state index in [-0.39, 0.29) is 0 Å². The molecular weight excluding hydrogens is 494 g/mol. The van der Waals surface area contributed by atoms with Gasteiger partial charge in [0.25, 0.3) is 5.60 Å². The maximum absolute atomic E-state index is 14.9. The van der Waals surface area contributed by atoms with E-state index in [4.69, 9.17) is 0 Å². The van der Waals surface area contributed by atoms with Crippen LogP contribution in [-0.2, 0) is 9.53 Å². The molecule has 0 spiro atoms. The van der Waals surface area contributed by atoms with Crippen LogP contribution in [0.2, 0.25) is 0 Å². The molecule has 0 amide bonds. The van der Waals surface area contributed by atoms with E-state index in [2.05, 4.69) is 4.74 Å². The van der Waals surface area contributed by atoms with E-state index < -0.39 is 69.6 Å². The van der Waals surface area contributed by atoms with Gasteiger partial charge < -0.3 is 9.84 Å². The molecule has 2 atom stereocenters. The van der Waals surface area contributed by atoms with Crippen molar-refractivity contribution >= 4 is 5.97 Å². The molecule has 4 fully saturated rings. The van der Waals surface area contributed by atoms with Crippen molar-refractivity contribution < 1.29 is 76.1 Å². The fourth-order valence-electron chi connectivity index (χ4n) is 4.37. The van der Waals surface area contributed by atoms with Crippen molar-refractivity contribution in [2.24, 2.45) is 0 Å². The van der Waals surface area contributed by atoms with E-state index in [1.807, 2.05) is 0 Å². The van der Waals surface area contributed by atoms with E-state index in [0.717, 1.165) is 6.92 Å². The standard InChI is InChI=1S/C15H8F14O3/c1-3-4(2)5(30)32-9-13(24,25)6(16)10(18,19)7(17,14(9,26)27)12(22,23)8(31,11(6,20)21)15(9,28)29/h3,31H,1-2H3. The first-order valence-corrected chi connectivity index (χ1v) is 8.10. The molecule has 0 heterocycles. The van der Waals surface area contributed by atoms with Gasteiger partial charge in [-0.15, -0.1) is 0 Å². The molecule has 4 aliphatic carbocycles. The van der Waals surface area contributed by atoms with Gasteiger partial charge in [-0.1, -0.05) is 6.08 Å². The van der Waals surface area contributed by atoms with Crippen LogP contribution < -0.4 is 0 Å². The summed E-state index contributed by atoms with van der Waals surface area (Å²) in [7, 11) is 0. The maximum atomic E-state index is 14.9. The molecule has 0 radical (unpaired) electrons. The summed E-state index contributed by atoms with van der Waals surface area (Å²) in [6, 6.07) is 0. The Morgan fingerprint density at radius 1 is 0.656 bits per heavy atom. The number of rotatable bonds is 2. The van der Waals surface area contributed by atoms with E-state index in [1.54, 1.807) is 0 Å². The Hall–Kier alpha value is -1.81. The number of esters is 1. The minimum atomic E-state index is -7.83. The molecule has 17 heteroatoms. The van der Waals surface area contributed by atoms with Gasteiger partial charge in [-0.05, 0) is 13.8 Å².